The Hall–Kier alpha value is -1.27. The van der Waals surface area contributed by atoms with E-state index in [1.807, 2.05) is 19.9 Å². The quantitative estimate of drug-likeness (QED) is 0.840. The molecule has 1 aromatic rings. The van der Waals surface area contributed by atoms with Gasteiger partial charge in [0.25, 0.3) is 0 Å². The molecule has 0 radical (unpaired) electrons. The first kappa shape index (κ1) is 15.1. The smallest absolute Gasteiger partial charge is 0.301 e. The highest BCUT2D eigenvalue weighted by molar-refractivity contribution is 7.90. The molecule has 1 unspecified atom stereocenters. The molecule has 2 rings (SSSR count). The molecule has 1 aliphatic heterocycles. The van der Waals surface area contributed by atoms with Crippen molar-refractivity contribution in [3.8, 4) is 0 Å². The number of benzene rings is 1. The highest BCUT2D eigenvalue weighted by atomic mass is 32.2. The maximum absolute atomic E-state index is 12.5. The Kier molecular flexibility index (Phi) is 4.25. The number of anilines is 2. The third kappa shape index (κ3) is 3.07. The van der Waals surface area contributed by atoms with Crippen LogP contribution in [0.3, 0.4) is 0 Å². The van der Waals surface area contributed by atoms with Crippen LogP contribution in [0.5, 0.6) is 0 Å². The standard InChI is InChI=1S/C14H23N3O2S/c1-10-5-4-8-17(9-10)20(18,19)16-14-11(2)6-7-13(15)12(14)3/h6-7,10,16H,4-5,8-9,15H2,1-3H3. The van der Waals surface area contributed by atoms with Crippen molar-refractivity contribution in [2.24, 2.45) is 5.92 Å². The summed E-state index contributed by atoms with van der Waals surface area (Å²) in [6, 6.07) is 3.63. The lowest BCUT2D eigenvalue weighted by atomic mass is 10.0. The molecule has 0 amide bonds. The van der Waals surface area contributed by atoms with E-state index in [0.29, 0.717) is 30.4 Å². The molecule has 0 saturated carbocycles. The first-order chi connectivity index (χ1) is 9.31. The Morgan fingerprint density at radius 2 is 2.05 bits per heavy atom. The summed E-state index contributed by atoms with van der Waals surface area (Å²) in [5, 5.41) is 0. The van der Waals surface area contributed by atoms with Crippen molar-refractivity contribution in [1.82, 2.24) is 4.31 Å². The number of piperidine rings is 1. The number of hydrogen-bond acceptors (Lipinski definition) is 3. The topological polar surface area (TPSA) is 75.4 Å². The maximum atomic E-state index is 12.5. The molecule has 1 aromatic carbocycles. The van der Waals surface area contributed by atoms with E-state index in [4.69, 9.17) is 5.73 Å². The average Bonchev–Trinajstić information content (AvgIpc) is 2.39. The maximum Gasteiger partial charge on any atom is 0.301 e. The second-order valence-electron chi connectivity index (χ2n) is 5.68. The average molecular weight is 297 g/mol. The molecule has 1 heterocycles. The molecule has 1 fully saturated rings. The van der Waals surface area contributed by atoms with Crippen LogP contribution in [-0.2, 0) is 10.2 Å². The summed E-state index contributed by atoms with van der Waals surface area (Å²) < 4.78 is 29.2. The summed E-state index contributed by atoms with van der Waals surface area (Å²) in [6.45, 7) is 6.96. The molecule has 112 valence electrons. The predicted molar refractivity (Wildman–Crippen MR) is 82.8 cm³/mol. The fourth-order valence-corrected chi connectivity index (χ4v) is 4.10. The zero-order valence-corrected chi connectivity index (χ0v) is 13.1. The number of nitrogen functional groups attached to an aromatic ring is 1. The molecule has 3 N–H and O–H groups in total. The van der Waals surface area contributed by atoms with Gasteiger partial charge in [0.15, 0.2) is 0 Å². The van der Waals surface area contributed by atoms with Crippen molar-refractivity contribution in [3.63, 3.8) is 0 Å². The Labute approximate surface area is 121 Å². The van der Waals surface area contributed by atoms with Gasteiger partial charge in [-0.25, -0.2) is 0 Å². The molecular formula is C14H23N3O2S. The van der Waals surface area contributed by atoms with Gasteiger partial charge in [-0.2, -0.15) is 12.7 Å². The van der Waals surface area contributed by atoms with Crippen molar-refractivity contribution in [2.45, 2.75) is 33.6 Å². The molecule has 0 aliphatic carbocycles. The van der Waals surface area contributed by atoms with Crippen LogP contribution in [0.15, 0.2) is 12.1 Å². The van der Waals surface area contributed by atoms with E-state index >= 15 is 0 Å². The summed E-state index contributed by atoms with van der Waals surface area (Å²) in [7, 11) is -3.50. The highest BCUT2D eigenvalue weighted by Gasteiger charge is 2.27. The van der Waals surface area contributed by atoms with Crippen LogP contribution in [0.4, 0.5) is 11.4 Å². The van der Waals surface area contributed by atoms with Gasteiger partial charge in [0.2, 0.25) is 0 Å². The number of rotatable bonds is 3. The van der Waals surface area contributed by atoms with Crippen LogP contribution in [0, 0.1) is 19.8 Å². The summed E-state index contributed by atoms with van der Waals surface area (Å²) in [5.74, 6) is 0.406. The molecule has 5 nitrogen and oxygen atoms in total. The number of nitrogens with zero attached hydrogens (tertiary/aromatic N) is 1. The Morgan fingerprint density at radius 3 is 2.70 bits per heavy atom. The molecule has 0 aromatic heterocycles. The molecular weight excluding hydrogens is 274 g/mol. The van der Waals surface area contributed by atoms with Gasteiger partial charge in [-0.15, -0.1) is 0 Å². The van der Waals surface area contributed by atoms with Crippen molar-refractivity contribution in [3.05, 3.63) is 23.3 Å². The van der Waals surface area contributed by atoms with Gasteiger partial charge in [0, 0.05) is 18.8 Å². The lowest BCUT2D eigenvalue weighted by molar-refractivity contribution is 0.282. The van der Waals surface area contributed by atoms with Crippen LogP contribution in [0.2, 0.25) is 0 Å². The fraction of sp³-hybridized carbons (Fsp3) is 0.571. The Morgan fingerprint density at radius 1 is 1.35 bits per heavy atom. The number of aryl methyl sites for hydroxylation is 1. The predicted octanol–water partition coefficient (Wildman–Crippen LogP) is 2.27. The van der Waals surface area contributed by atoms with E-state index in [9.17, 15) is 8.42 Å². The molecule has 1 saturated heterocycles. The second kappa shape index (κ2) is 5.61. The molecule has 20 heavy (non-hydrogen) atoms. The first-order valence-electron chi connectivity index (χ1n) is 6.95. The van der Waals surface area contributed by atoms with Crippen LogP contribution in [0.25, 0.3) is 0 Å². The third-order valence-electron chi connectivity index (χ3n) is 3.91. The van der Waals surface area contributed by atoms with E-state index < -0.39 is 10.2 Å². The van der Waals surface area contributed by atoms with Gasteiger partial charge in [-0.05, 0) is 49.8 Å². The van der Waals surface area contributed by atoms with Gasteiger partial charge in [0.1, 0.15) is 0 Å². The van der Waals surface area contributed by atoms with Gasteiger partial charge in [0.05, 0.1) is 5.69 Å². The second-order valence-corrected chi connectivity index (χ2v) is 7.35. The van der Waals surface area contributed by atoms with E-state index in [2.05, 4.69) is 11.6 Å². The molecule has 1 atom stereocenters. The minimum Gasteiger partial charge on any atom is -0.398 e. The lowest BCUT2D eigenvalue weighted by Gasteiger charge is -2.30. The summed E-state index contributed by atoms with van der Waals surface area (Å²) >= 11 is 0. The van der Waals surface area contributed by atoms with Gasteiger partial charge < -0.3 is 5.73 Å². The van der Waals surface area contributed by atoms with E-state index in [1.165, 1.54) is 4.31 Å². The molecule has 6 heteroatoms. The van der Waals surface area contributed by atoms with E-state index in [0.717, 1.165) is 24.0 Å². The fourth-order valence-electron chi connectivity index (χ4n) is 2.58. The van der Waals surface area contributed by atoms with Crippen molar-refractivity contribution in [2.75, 3.05) is 23.5 Å². The number of hydrogen-bond donors (Lipinski definition) is 2. The Bertz CT molecular complexity index is 599. The van der Waals surface area contributed by atoms with Crippen LogP contribution in [-0.4, -0.2) is 25.8 Å². The minimum absolute atomic E-state index is 0.406. The largest absolute Gasteiger partial charge is 0.398 e. The Balaban J connectivity index is 2.27. The number of nitrogens with two attached hydrogens (primary N) is 1. The minimum atomic E-state index is -3.50. The summed E-state index contributed by atoms with van der Waals surface area (Å²) in [6.07, 6.45) is 2.00. The molecule has 0 bridgehead atoms. The lowest BCUT2D eigenvalue weighted by Crippen LogP contribution is -2.42. The highest BCUT2D eigenvalue weighted by Crippen LogP contribution is 2.27. The first-order valence-corrected chi connectivity index (χ1v) is 8.39. The van der Waals surface area contributed by atoms with E-state index in [-0.39, 0.29) is 0 Å². The molecule has 1 aliphatic rings. The van der Waals surface area contributed by atoms with Crippen LogP contribution < -0.4 is 10.5 Å². The zero-order chi connectivity index (χ0) is 14.9. The van der Waals surface area contributed by atoms with Crippen LogP contribution >= 0.6 is 0 Å². The van der Waals surface area contributed by atoms with E-state index in [1.54, 1.807) is 6.07 Å². The van der Waals surface area contributed by atoms with Crippen LogP contribution in [0.1, 0.15) is 30.9 Å². The van der Waals surface area contributed by atoms with Crippen molar-refractivity contribution in [1.29, 1.82) is 0 Å². The SMILES string of the molecule is Cc1ccc(N)c(C)c1NS(=O)(=O)N1CCCC(C)C1. The zero-order valence-electron chi connectivity index (χ0n) is 12.3. The number of nitrogens with one attached hydrogen (secondary N) is 1. The van der Waals surface area contributed by atoms with Gasteiger partial charge >= 0.3 is 10.2 Å². The van der Waals surface area contributed by atoms with Gasteiger partial charge in [-0.3, -0.25) is 4.72 Å². The normalized spacial score (nSPS) is 20.9. The monoisotopic (exact) mass is 297 g/mol. The summed E-state index contributed by atoms with van der Waals surface area (Å²) in [5.41, 5.74) is 8.71. The summed E-state index contributed by atoms with van der Waals surface area (Å²) in [4.78, 5) is 0. The third-order valence-corrected chi connectivity index (χ3v) is 5.38. The van der Waals surface area contributed by atoms with Crippen molar-refractivity contribution >= 4 is 21.6 Å². The molecule has 0 spiro atoms. The van der Waals surface area contributed by atoms with Crippen molar-refractivity contribution < 1.29 is 8.42 Å². The van der Waals surface area contributed by atoms with Gasteiger partial charge in [-0.1, -0.05) is 13.0 Å².